The van der Waals surface area contributed by atoms with Gasteiger partial charge in [0.1, 0.15) is 0 Å². The number of carbonyl (C=O) groups is 1. The van der Waals surface area contributed by atoms with Crippen molar-refractivity contribution < 1.29 is 4.79 Å². The average molecular weight is 427 g/mol. The molecule has 3 aromatic carbocycles. The molecule has 0 atom stereocenters. The van der Waals surface area contributed by atoms with Crippen LogP contribution in [0.5, 0.6) is 0 Å². The van der Waals surface area contributed by atoms with Gasteiger partial charge in [0, 0.05) is 31.5 Å². The first-order valence-corrected chi connectivity index (χ1v) is 11.9. The van der Waals surface area contributed by atoms with Gasteiger partial charge in [-0.1, -0.05) is 91.0 Å². The summed E-state index contributed by atoms with van der Waals surface area (Å²) in [6, 6.07) is 32.3. The van der Waals surface area contributed by atoms with E-state index in [1.165, 1.54) is 16.7 Å². The summed E-state index contributed by atoms with van der Waals surface area (Å²) in [5.74, 6) is 0.605. The highest BCUT2D eigenvalue weighted by Crippen LogP contribution is 2.28. The zero-order chi connectivity index (χ0) is 22.0. The number of hydrogen-bond donors (Lipinski definition) is 1. The van der Waals surface area contributed by atoms with Crippen molar-refractivity contribution in [3.8, 4) is 0 Å². The molecule has 0 unspecified atom stereocenters. The van der Waals surface area contributed by atoms with Crippen LogP contribution < -0.4 is 5.32 Å². The van der Waals surface area contributed by atoms with Crippen LogP contribution in [-0.4, -0.2) is 36.5 Å². The van der Waals surface area contributed by atoms with E-state index in [0.29, 0.717) is 18.4 Å². The molecule has 32 heavy (non-hydrogen) atoms. The van der Waals surface area contributed by atoms with Crippen LogP contribution in [-0.2, 0) is 11.2 Å². The third-order valence-corrected chi connectivity index (χ3v) is 6.57. The lowest BCUT2D eigenvalue weighted by Gasteiger charge is -2.33. The van der Waals surface area contributed by atoms with Gasteiger partial charge >= 0.3 is 0 Å². The number of benzene rings is 3. The summed E-state index contributed by atoms with van der Waals surface area (Å²) in [4.78, 5) is 14.9. The molecule has 3 heteroatoms. The van der Waals surface area contributed by atoms with Crippen molar-refractivity contribution in [3.05, 3.63) is 108 Å². The Bertz CT molecular complexity index is 895. The summed E-state index contributed by atoms with van der Waals surface area (Å²) in [6.45, 7) is 3.20. The number of carbonyl (C=O) groups excluding carboxylic acids is 1. The van der Waals surface area contributed by atoms with Crippen molar-refractivity contribution in [1.29, 1.82) is 0 Å². The molecule has 1 heterocycles. The Hall–Kier alpha value is -2.91. The SMILES string of the molecule is O=C(CCc1ccccc1)NC1CCN(CCC(c2ccccc2)c2ccccc2)CC1. The van der Waals surface area contributed by atoms with E-state index in [1.807, 2.05) is 18.2 Å². The van der Waals surface area contributed by atoms with Crippen molar-refractivity contribution >= 4 is 5.91 Å². The van der Waals surface area contributed by atoms with Crippen LogP contribution in [0.1, 0.15) is 48.3 Å². The fraction of sp³-hybridized carbons (Fsp3) is 0.345. The predicted molar refractivity (Wildman–Crippen MR) is 132 cm³/mol. The van der Waals surface area contributed by atoms with Crippen LogP contribution in [0, 0.1) is 0 Å². The maximum absolute atomic E-state index is 12.4. The van der Waals surface area contributed by atoms with E-state index in [9.17, 15) is 4.79 Å². The Kier molecular flexibility index (Phi) is 8.11. The minimum atomic E-state index is 0.181. The second-order valence-corrected chi connectivity index (χ2v) is 8.83. The van der Waals surface area contributed by atoms with E-state index < -0.39 is 0 Å². The number of nitrogens with zero attached hydrogens (tertiary/aromatic N) is 1. The quantitative estimate of drug-likeness (QED) is 0.495. The molecule has 1 amide bonds. The summed E-state index contributed by atoms with van der Waals surface area (Å²) in [5.41, 5.74) is 4.00. The largest absolute Gasteiger partial charge is 0.353 e. The highest BCUT2D eigenvalue weighted by atomic mass is 16.1. The molecule has 0 saturated carbocycles. The molecule has 0 aliphatic carbocycles. The van der Waals surface area contributed by atoms with Gasteiger partial charge in [0.05, 0.1) is 0 Å². The van der Waals surface area contributed by atoms with Crippen molar-refractivity contribution in [2.75, 3.05) is 19.6 Å². The molecule has 1 aliphatic rings. The van der Waals surface area contributed by atoms with E-state index >= 15 is 0 Å². The van der Waals surface area contributed by atoms with Gasteiger partial charge in [-0.2, -0.15) is 0 Å². The van der Waals surface area contributed by atoms with Crippen LogP contribution in [0.15, 0.2) is 91.0 Å². The first kappa shape index (κ1) is 22.3. The molecule has 1 N–H and O–H groups in total. The summed E-state index contributed by atoms with van der Waals surface area (Å²) in [7, 11) is 0. The number of amides is 1. The third kappa shape index (κ3) is 6.54. The standard InChI is InChI=1S/C29H34N2O/c32-29(17-16-24-10-4-1-5-11-24)30-27-18-21-31(22-19-27)23-20-28(25-12-6-2-7-13-25)26-14-8-3-9-15-26/h1-15,27-28H,16-23H2,(H,30,32). The number of nitrogens with one attached hydrogen (secondary N) is 1. The first-order valence-electron chi connectivity index (χ1n) is 11.9. The summed E-state index contributed by atoms with van der Waals surface area (Å²) in [6.07, 6.45) is 4.57. The average Bonchev–Trinajstić information content (AvgIpc) is 2.86. The molecular formula is C29H34N2O. The van der Waals surface area contributed by atoms with Gasteiger partial charge in [0.2, 0.25) is 5.91 Å². The molecule has 1 aliphatic heterocycles. The van der Waals surface area contributed by atoms with Gasteiger partial charge in [-0.15, -0.1) is 0 Å². The van der Waals surface area contributed by atoms with Gasteiger partial charge in [-0.3, -0.25) is 4.79 Å². The van der Waals surface area contributed by atoms with Crippen molar-refractivity contribution in [3.63, 3.8) is 0 Å². The van der Waals surface area contributed by atoms with Gasteiger partial charge in [0.25, 0.3) is 0 Å². The molecule has 0 spiro atoms. The predicted octanol–water partition coefficient (Wildman–Crippen LogP) is 5.42. The Labute approximate surface area is 192 Å². The van der Waals surface area contributed by atoms with Crippen LogP contribution in [0.25, 0.3) is 0 Å². The molecule has 1 fully saturated rings. The Morgan fingerprint density at radius 1 is 0.812 bits per heavy atom. The minimum Gasteiger partial charge on any atom is -0.353 e. The second-order valence-electron chi connectivity index (χ2n) is 8.83. The number of likely N-dealkylation sites (tertiary alicyclic amines) is 1. The van der Waals surface area contributed by atoms with Gasteiger partial charge in [-0.25, -0.2) is 0 Å². The smallest absolute Gasteiger partial charge is 0.220 e. The Morgan fingerprint density at radius 2 is 1.34 bits per heavy atom. The van der Waals surface area contributed by atoms with Gasteiger partial charge < -0.3 is 10.2 Å². The maximum atomic E-state index is 12.4. The van der Waals surface area contributed by atoms with Crippen molar-refractivity contribution in [2.45, 2.75) is 44.1 Å². The van der Waals surface area contributed by atoms with Crippen molar-refractivity contribution in [2.24, 2.45) is 0 Å². The summed E-state index contributed by atoms with van der Waals surface area (Å²) in [5, 5.41) is 3.26. The number of aryl methyl sites for hydroxylation is 1. The molecule has 3 nitrogen and oxygen atoms in total. The Balaban J connectivity index is 1.23. The van der Waals surface area contributed by atoms with Crippen LogP contribution in [0.3, 0.4) is 0 Å². The molecule has 4 rings (SSSR count). The fourth-order valence-electron chi connectivity index (χ4n) is 4.71. The topological polar surface area (TPSA) is 32.3 Å². The lowest BCUT2D eigenvalue weighted by Crippen LogP contribution is -2.45. The second kappa shape index (κ2) is 11.6. The molecule has 3 aromatic rings. The van der Waals surface area contributed by atoms with E-state index in [4.69, 9.17) is 0 Å². The van der Waals surface area contributed by atoms with Gasteiger partial charge in [-0.05, 0) is 48.9 Å². The minimum absolute atomic E-state index is 0.181. The molecule has 1 saturated heterocycles. The first-order chi connectivity index (χ1) is 15.8. The monoisotopic (exact) mass is 426 g/mol. The zero-order valence-corrected chi connectivity index (χ0v) is 18.8. The van der Waals surface area contributed by atoms with Crippen LogP contribution in [0.2, 0.25) is 0 Å². The number of rotatable bonds is 9. The Morgan fingerprint density at radius 3 is 1.91 bits per heavy atom. The van der Waals surface area contributed by atoms with E-state index in [2.05, 4.69) is 83.0 Å². The lowest BCUT2D eigenvalue weighted by atomic mass is 9.88. The van der Waals surface area contributed by atoms with E-state index in [1.54, 1.807) is 0 Å². The summed E-state index contributed by atoms with van der Waals surface area (Å²) >= 11 is 0. The number of hydrogen-bond acceptors (Lipinski definition) is 2. The molecule has 0 aromatic heterocycles. The highest BCUT2D eigenvalue weighted by Gasteiger charge is 2.22. The van der Waals surface area contributed by atoms with E-state index in [-0.39, 0.29) is 5.91 Å². The van der Waals surface area contributed by atoms with Crippen LogP contribution in [0.4, 0.5) is 0 Å². The normalized spacial score (nSPS) is 15.0. The lowest BCUT2D eigenvalue weighted by molar-refractivity contribution is -0.122. The molecule has 166 valence electrons. The fourth-order valence-corrected chi connectivity index (χ4v) is 4.71. The zero-order valence-electron chi connectivity index (χ0n) is 18.8. The maximum Gasteiger partial charge on any atom is 0.220 e. The number of piperidine rings is 1. The molecular weight excluding hydrogens is 392 g/mol. The third-order valence-electron chi connectivity index (χ3n) is 6.57. The van der Waals surface area contributed by atoms with Gasteiger partial charge in [0.15, 0.2) is 0 Å². The highest BCUT2D eigenvalue weighted by molar-refractivity contribution is 5.76. The van der Waals surface area contributed by atoms with E-state index in [0.717, 1.165) is 45.3 Å². The summed E-state index contributed by atoms with van der Waals surface area (Å²) < 4.78 is 0. The molecule has 0 bridgehead atoms. The van der Waals surface area contributed by atoms with Crippen molar-refractivity contribution in [1.82, 2.24) is 10.2 Å². The molecule has 0 radical (unpaired) electrons. The van der Waals surface area contributed by atoms with Crippen LogP contribution >= 0.6 is 0 Å².